The van der Waals surface area contributed by atoms with Crippen LogP contribution in [-0.2, 0) is 14.3 Å². The molecule has 1 aliphatic heterocycles. The van der Waals surface area contributed by atoms with Crippen molar-refractivity contribution < 1.29 is 14.3 Å². The maximum absolute atomic E-state index is 12.4. The summed E-state index contributed by atoms with van der Waals surface area (Å²) in [6.45, 7) is 0. The Hall–Kier alpha value is -0.650. The highest BCUT2D eigenvalue weighted by Gasteiger charge is 2.55. The fraction of sp³-hybridized carbons (Fsp3) is 0.231. The van der Waals surface area contributed by atoms with Gasteiger partial charge in [-0.05, 0) is 12.1 Å². The summed E-state index contributed by atoms with van der Waals surface area (Å²) in [7, 11) is 1.14. The maximum Gasteiger partial charge on any atom is 0.333 e. The molecule has 1 saturated heterocycles. The Morgan fingerprint density at radius 3 is 2.27 bits per heavy atom. The fourth-order valence-corrected chi connectivity index (χ4v) is 3.70. The van der Waals surface area contributed by atoms with E-state index in [9.17, 15) is 9.59 Å². The predicted octanol–water partition coefficient (Wildman–Crippen LogP) is 4.53. The molecule has 1 aliphatic rings. The Bertz CT molecular complexity index is 666. The molecule has 0 N–H and O–H groups in total. The van der Waals surface area contributed by atoms with E-state index in [0.717, 1.165) is 12.0 Å². The number of carbonyl (C=O) groups is 2. The van der Waals surface area contributed by atoms with Crippen LogP contribution in [0.5, 0.6) is 0 Å². The molecule has 1 fully saturated rings. The number of esters is 1. The molecular weight excluding hydrogens is 395 g/mol. The Labute approximate surface area is 151 Å². The van der Waals surface area contributed by atoms with Crippen LogP contribution in [0.4, 0.5) is 5.69 Å². The largest absolute Gasteiger partial charge is 0.467 e. The van der Waals surface area contributed by atoms with Gasteiger partial charge < -0.3 is 4.74 Å². The Morgan fingerprint density at radius 2 is 1.82 bits per heavy atom. The lowest BCUT2D eigenvalue weighted by molar-refractivity contribution is -0.143. The fourth-order valence-electron chi connectivity index (χ4n) is 2.18. The van der Waals surface area contributed by atoms with E-state index in [1.807, 2.05) is 0 Å². The smallest absolute Gasteiger partial charge is 0.333 e. The van der Waals surface area contributed by atoms with Gasteiger partial charge in [-0.1, -0.05) is 64.1 Å². The van der Waals surface area contributed by atoms with Gasteiger partial charge in [0.25, 0.3) is 0 Å². The van der Waals surface area contributed by atoms with E-state index in [4.69, 9.17) is 58.0 Å². The third kappa shape index (κ3) is 2.79. The zero-order valence-electron chi connectivity index (χ0n) is 11.0. The number of halogens is 5. The third-order valence-corrected chi connectivity index (χ3v) is 4.53. The first-order chi connectivity index (χ1) is 10.2. The van der Waals surface area contributed by atoms with Gasteiger partial charge in [0.15, 0.2) is 4.87 Å². The lowest BCUT2D eigenvalue weighted by Gasteiger charge is -2.25. The second-order valence-corrected chi connectivity index (χ2v) is 6.79. The Balaban J connectivity index is 2.70. The molecule has 0 spiro atoms. The van der Waals surface area contributed by atoms with Crippen molar-refractivity contribution in [3.8, 4) is 0 Å². The normalized spacial score (nSPS) is 21.3. The van der Waals surface area contributed by atoms with Crippen molar-refractivity contribution in [3.05, 3.63) is 38.4 Å². The van der Waals surface area contributed by atoms with Gasteiger partial charge in [-0.15, -0.1) is 0 Å². The van der Waals surface area contributed by atoms with Crippen LogP contribution >= 0.6 is 58.0 Å². The molecule has 0 bridgehead atoms. The molecule has 1 aromatic rings. The van der Waals surface area contributed by atoms with Gasteiger partial charge in [-0.25, -0.2) is 4.79 Å². The predicted molar refractivity (Wildman–Crippen MR) is 87.9 cm³/mol. The van der Waals surface area contributed by atoms with E-state index >= 15 is 0 Å². The van der Waals surface area contributed by atoms with Crippen LogP contribution in [0.1, 0.15) is 6.42 Å². The van der Waals surface area contributed by atoms with Crippen molar-refractivity contribution in [3.63, 3.8) is 0 Å². The molecule has 9 heteroatoms. The van der Waals surface area contributed by atoms with Gasteiger partial charge in [-0.3, -0.25) is 9.69 Å². The number of alkyl halides is 1. The summed E-state index contributed by atoms with van der Waals surface area (Å²) in [5.74, 6) is -1.40. The molecule has 1 heterocycles. The van der Waals surface area contributed by atoms with Gasteiger partial charge in [-0.2, -0.15) is 0 Å². The number of benzene rings is 1. The lowest BCUT2D eigenvalue weighted by atomic mass is 10.1. The van der Waals surface area contributed by atoms with Gasteiger partial charge >= 0.3 is 5.97 Å². The van der Waals surface area contributed by atoms with E-state index < -0.39 is 16.8 Å². The van der Waals surface area contributed by atoms with Crippen LogP contribution in [-0.4, -0.2) is 23.9 Å². The minimum absolute atomic E-state index is 0.135. The Kier molecular flexibility index (Phi) is 5.20. The van der Waals surface area contributed by atoms with Crippen LogP contribution in [0.15, 0.2) is 28.4 Å². The molecule has 118 valence electrons. The van der Waals surface area contributed by atoms with Crippen LogP contribution < -0.4 is 4.90 Å². The number of hydrogen-bond acceptors (Lipinski definition) is 3. The molecule has 0 aliphatic carbocycles. The van der Waals surface area contributed by atoms with Crippen molar-refractivity contribution in [2.45, 2.75) is 11.3 Å². The molecule has 1 unspecified atom stereocenters. The van der Waals surface area contributed by atoms with E-state index in [1.54, 1.807) is 6.07 Å². The zero-order chi connectivity index (χ0) is 16.7. The summed E-state index contributed by atoms with van der Waals surface area (Å²) >= 11 is 30.2. The number of carbonyl (C=O) groups excluding carboxylic acids is 2. The van der Waals surface area contributed by atoms with Crippen LogP contribution in [0, 0.1) is 0 Å². The van der Waals surface area contributed by atoms with E-state index in [2.05, 4.69) is 4.74 Å². The summed E-state index contributed by atoms with van der Waals surface area (Å²) in [5.41, 5.74) is 0.0143. The molecule has 0 radical (unpaired) electrons. The molecule has 1 amide bonds. The van der Waals surface area contributed by atoms with Gasteiger partial charge in [0, 0.05) is 0 Å². The average Bonchev–Trinajstić information content (AvgIpc) is 2.70. The maximum atomic E-state index is 12.4. The number of methoxy groups -OCH3 is 1. The molecular formula is C13H8Cl5NO3. The molecule has 4 nitrogen and oxygen atoms in total. The SMILES string of the molecule is COC(=O)C1(Cl)CC(=O)N(c2c(Cl)cccc2Cl)C1=C(Cl)Cl. The van der Waals surface area contributed by atoms with Crippen molar-refractivity contribution >= 4 is 75.6 Å². The highest BCUT2D eigenvalue weighted by molar-refractivity contribution is 6.58. The summed E-state index contributed by atoms with van der Waals surface area (Å²) in [6.07, 6.45) is -0.388. The molecule has 2 rings (SSSR count). The first-order valence-corrected chi connectivity index (χ1v) is 7.73. The third-order valence-electron chi connectivity index (χ3n) is 3.09. The van der Waals surface area contributed by atoms with Gasteiger partial charge in [0.2, 0.25) is 5.91 Å². The number of hydrogen-bond donors (Lipinski definition) is 0. The van der Waals surface area contributed by atoms with E-state index in [0.29, 0.717) is 0 Å². The van der Waals surface area contributed by atoms with Crippen LogP contribution in [0.2, 0.25) is 10.0 Å². The van der Waals surface area contributed by atoms with Gasteiger partial charge in [0.1, 0.15) is 4.49 Å². The topological polar surface area (TPSA) is 46.6 Å². The number of anilines is 1. The summed E-state index contributed by atoms with van der Waals surface area (Å²) in [4.78, 5) is 23.6. The molecule has 0 aromatic heterocycles. The summed E-state index contributed by atoms with van der Waals surface area (Å²) in [5, 5.41) is 0.359. The minimum atomic E-state index is -1.84. The summed E-state index contributed by atoms with van der Waals surface area (Å²) < 4.78 is 4.28. The molecule has 22 heavy (non-hydrogen) atoms. The number of para-hydroxylation sites is 1. The number of ether oxygens (including phenoxy) is 1. The second kappa shape index (κ2) is 6.46. The second-order valence-electron chi connectivity index (χ2n) is 4.38. The van der Waals surface area contributed by atoms with Crippen LogP contribution in [0.3, 0.4) is 0 Å². The van der Waals surface area contributed by atoms with E-state index in [-0.39, 0.29) is 32.3 Å². The highest BCUT2D eigenvalue weighted by atomic mass is 35.5. The quantitative estimate of drug-likeness (QED) is 0.539. The standard InChI is InChI=1S/C13H8Cl5NO3/c1-22-12(21)13(18)5-8(20)19(10(13)11(16)17)9-6(14)3-2-4-7(9)15/h2-4H,5H2,1H3. The highest BCUT2D eigenvalue weighted by Crippen LogP contribution is 2.48. The number of amides is 1. The van der Waals surface area contributed by atoms with Gasteiger partial charge in [0.05, 0.1) is 35.0 Å². The lowest BCUT2D eigenvalue weighted by Crippen LogP contribution is -2.35. The van der Waals surface area contributed by atoms with E-state index in [1.165, 1.54) is 12.1 Å². The van der Waals surface area contributed by atoms with Crippen LogP contribution in [0.25, 0.3) is 0 Å². The van der Waals surface area contributed by atoms with Crippen molar-refractivity contribution in [1.29, 1.82) is 0 Å². The minimum Gasteiger partial charge on any atom is -0.467 e. The van der Waals surface area contributed by atoms with Crippen molar-refractivity contribution in [2.24, 2.45) is 0 Å². The molecule has 1 atom stereocenters. The summed E-state index contributed by atoms with van der Waals surface area (Å²) in [6, 6.07) is 4.67. The van der Waals surface area contributed by atoms with Crippen molar-refractivity contribution in [2.75, 3.05) is 12.0 Å². The Morgan fingerprint density at radius 1 is 1.27 bits per heavy atom. The zero-order valence-corrected chi connectivity index (χ0v) is 14.8. The average molecular weight is 403 g/mol. The first kappa shape index (κ1) is 17.7. The number of rotatable bonds is 2. The number of nitrogens with zero attached hydrogens (tertiary/aromatic N) is 1. The molecule has 0 saturated carbocycles. The molecule has 1 aromatic carbocycles. The van der Waals surface area contributed by atoms with Crippen molar-refractivity contribution in [1.82, 2.24) is 0 Å². The first-order valence-electron chi connectivity index (χ1n) is 5.84. The monoisotopic (exact) mass is 401 g/mol.